The fourth-order valence-electron chi connectivity index (χ4n) is 0.452. The van der Waals surface area contributed by atoms with Crippen LogP contribution in [0.2, 0.25) is 0 Å². The highest BCUT2D eigenvalue weighted by Crippen LogP contribution is 2.22. The van der Waals surface area contributed by atoms with Gasteiger partial charge in [0.15, 0.2) is 6.29 Å². The van der Waals surface area contributed by atoms with Crippen LogP contribution in [-0.4, -0.2) is 26.7 Å². The van der Waals surface area contributed by atoms with Gasteiger partial charge in [-0.15, -0.1) is 0 Å². The SMILES string of the molecule is COC(CC(F)(F)F)OC. The molecule has 0 amide bonds. The molecule has 0 fully saturated rings. The van der Waals surface area contributed by atoms with Gasteiger partial charge in [0.05, 0.1) is 6.42 Å². The smallest absolute Gasteiger partial charge is 0.356 e. The summed E-state index contributed by atoms with van der Waals surface area (Å²) in [4.78, 5) is 0. The molecular weight excluding hydrogens is 149 g/mol. The van der Waals surface area contributed by atoms with Crippen LogP contribution < -0.4 is 0 Å². The van der Waals surface area contributed by atoms with E-state index < -0.39 is 18.9 Å². The largest absolute Gasteiger partial charge is 0.393 e. The van der Waals surface area contributed by atoms with Gasteiger partial charge >= 0.3 is 6.18 Å². The Bertz CT molecular complexity index is 87.4. The first-order valence-corrected chi connectivity index (χ1v) is 2.62. The number of alkyl halides is 3. The maximum atomic E-state index is 11.5. The summed E-state index contributed by atoms with van der Waals surface area (Å²) in [6.07, 6.45) is -6.48. The molecule has 0 bridgehead atoms. The average Bonchev–Trinajstić information content (AvgIpc) is 1.81. The third-order valence-corrected chi connectivity index (χ3v) is 0.924. The van der Waals surface area contributed by atoms with E-state index in [9.17, 15) is 13.2 Å². The molecule has 0 saturated carbocycles. The highest BCUT2D eigenvalue weighted by Gasteiger charge is 2.31. The minimum Gasteiger partial charge on any atom is -0.356 e. The molecule has 0 atom stereocenters. The Balaban J connectivity index is 3.63. The molecule has 0 aromatic heterocycles. The molecule has 0 rings (SSSR count). The van der Waals surface area contributed by atoms with E-state index in [-0.39, 0.29) is 0 Å². The van der Waals surface area contributed by atoms with Crippen LogP contribution in [-0.2, 0) is 9.47 Å². The van der Waals surface area contributed by atoms with Gasteiger partial charge in [0.2, 0.25) is 0 Å². The molecule has 0 radical (unpaired) electrons. The summed E-state index contributed by atoms with van der Waals surface area (Å²) in [7, 11) is 2.33. The molecule has 0 aliphatic carbocycles. The Morgan fingerprint density at radius 2 is 1.60 bits per heavy atom. The molecule has 0 unspecified atom stereocenters. The summed E-state index contributed by atoms with van der Waals surface area (Å²) < 4.78 is 43.2. The Morgan fingerprint density at radius 3 is 1.70 bits per heavy atom. The zero-order chi connectivity index (χ0) is 8.20. The molecule has 0 heterocycles. The quantitative estimate of drug-likeness (QED) is 0.580. The van der Waals surface area contributed by atoms with E-state index in [0.29, 0.717) is 0 Å². The average molecular weight is 158 g/mol. The molecule has 0 aliphatic rings. The van der Waals surface area contributed by atoms with E-state index in [4.69, 9.17) is 0 Å². The van der Waals surface area contributed by atoms with Crippen LogP contribution in [0.1, 0.15) is 6.42 Å². The third-order valence-electron chi connectivity index (χ3n) is 0.924. The van der Waals surface area contributed by atoms with Crippen molar-refractivity contribution in [3.63, 3.8) is 0 Å². The topological polar surface area (TPSA) is 18.5 Å². The van der Waals surface area contributed by atoms with Gasteiger partial charge in [-0.3, -0.25) is 0 Å². The van der Waals surface area contributed by atoms with Gasteiger partial charge in [0, 0.05) is 14.2 Å². The summed E-state index contributed by atoms with van der Waals surface area (Å²) in [5.41, 5.74) is 0. The fraction of sp³-hybridized carbons (Fsp3) is 1.00. The molecular formula is C5H9F3O2. The van der Waals surface area contributed by atoms with Gasteiger partial charge in [-0.05, 0) is 0 Å². The van der Waals surface area contributed by atoms with Crippen LogP contribution in [0.3, 0.4) is 0 Å². The Labute approximate surface area is 56.9 Å². The summed E-state index contributed by atoms with van der Waals surface area (Å²) in [6.45, 7) is 0. The van der Waals surface area contributed by atoms with Gasteiger partial charge in [0.25, 0.3) is 0 Å². The summed E-state index contributed by atoms with van der Waals surface area (Å²) in [6, 6.07) is 0. The predicted molar refractivity (Wildman–Crippen MR) is 28.5 cm³/mol. The molecule has 5 heteroatoms. The zero-order valence-corrected chi connectivity index (χ0v) is 5.73. The molecule has 0 saturated heterocycles. The summed E-state index contributed by atoms with van der Waals surface area (Å²) in [5, 5.41) is 0. The van der Waals surface area contributed by atoms with Crippen molar-refractivity contribution >= 4 is 0 Å². The molecule has 2 nitrogen and oxygen atoms in total. The van der Waals surface area contributed by atoms with Crippen LogP contribution in [0.25, 0.3) is 0 Å². The molecule has 0 aliphatic heterocycles. The normalized spacial score (nSPS) is 12.6. The van der Waals surface area contributed by atoms with E-state index in [0.717, 1.165) is 0 Å². The monoisotopic (exact) mass is 158 g/mol. The van der Waals surface area contributed by atoms with Crippen LogP contribution >= 0.6 is 0 Å². The lowest BCUT2D eigenvalue weighted by Crippen LogP contribution is -2.22. The molecule has 62 valence electrons. The van der Waals surface area contributed by atoms with Crippen molar-refractivity contribution in [2.45, 2.75) is 18.9 Å². The summed E-state index contributed by atoms with van der Waals surface area (Å²) >= 11 is 0. The lowest BCUT2D eigenvalue weighted by Gasteiger charge is -2.14. The number of ether oxygens (including phenoxy) is 2. The Morgan fingerprint density at radius 1 is 1.20 bits per heavy atom. The second-order valence-electron chi connectivity index (χ2n) is 1.72. The lowest BCUT2D eigenvalue weighted by molar-refractivity contribution is -0.205. The first-order valence-electron chi connectivity index (χ1n) is 2.62. The van der Waals surface area contributed by atoms with Crippen molar-refractivity contribution < 1.29 is 22.6 Å². The van der Waals surface area contributed by atoms with Crippen molar-refractivity contribution in [2.24, 2.45) is 0 Å². The van der Waals surface area contributed by atoms with Crippen molar-refractivity contribution in [2.75, 3.05) is 14.2 Å². The standard InChI is InChI=1S/C5H9F3O2/c1-9-4(10-2)3-5(6,7)8/h4H,3H2,1-2H3. The number of hydrogen-bond acceptors (Lipinski definition) is 2. The van der Waals surface area contributed by atoms with Crippen molar-refractivity contribution in [3.05, 3.63) is 0 Å². The maximum absolute atomic E-state index is 11.5. The van der Waals surface area contributed by atoms with Crippen molar-refractivity contribution in [3.8, 4) is 0 Å². The minimum atomic E-state index is -4.23. The molecule has 0 aromatic rings. The molecule has 0 spiro atoms. The van der Waals surface area contributed by atoms with Gasteiger partial charge in [0.1, 0.15) is 0 Å². The van der Waals surface area contributed by atoms with Gasteiger partial charge in [-0.2, -0.15) is 13.2 Å². The van der Waals surface area contributed by atoms with E-state index in [1.165, 1.54) is 14.2 Å². The van der Waals surface area contributed by atoms with Crippen LogP contribution in [0.4, 0.5) is 13.2 Å². The summed E-state index contributed by atoms with van der Waals surface area (Å²) in [5.74, 6) is 0. The number of methoxy groups -OCH3 is 2. The van der Waals surface area contributed by atoms with E-state index in [1.54, 1.807) is 0 Å². The van der Waals surface area contributed by atoms with E-state index in [1.807, 2.05) is 0 Å². The highest BCUT2D eigenvalue weighted by atomic mass is 19.4. The second kappa shape index (κ2) is 3.78. The zero-order valence-electron chi connectivity index (χ0n) is 5.73. The highest BCUT2D eigenvalue weighted by molar-refractivity contribution is 4.52. The van der Waals surface area contributed by atoms with Crippen LogP contribution in [0, 0.1) is 0 Å². The molecule has 0 aromatic carbocycles. The number of rotatable bonds is 3. The fourth-order valence-corrected chi connectivity index (χ4v) is 0.452. The van der Waals surface area contributed by atoms with Crippen LogP contribution in [0.5, 0.6) is 0 Å². The predicted octanol–water partition coefficient (Wildman–Crippen LogP) is 1.56. The third kappa shape index (κ3) is 4.58. The molecule has 10 heavy (non-hydrogen) atoms. The number of hydrogen-bond donors (Lipinski definition) is 0. The van der Waals surface area contributed by atoms with Crippen LogP contribution in [0.15, 0.2) is 0 Å². The first-order chi connectivity index (χ1) is 4.49. The maximum Gasteiger partial charge on any atom is 0.393 e. The number of halogens is 3. The minimum absolute atomic E-state index is 1.07. The second-order valence-corrected chi connectivity index (χ2v) is 1.72. The van der Waals surface area contributed by atoms with Crippen molar-refractivity contribution in [1.29, 1.82) is 0 Å². The first kappa shape index (κ1) is 9.71. The van der Waals surface area contributed by atoms with E-state index in [2.05, 4.69) is 9.47 Å². The Hall–Kier alpha value is -0.290. The molecule has 0 N–H and O–H groups in total. The van der Waals surface area contributed by atoms with Gasteiger partial charge < -0.3 is 9.47 Å². The Kier molecular flexibility index (Phi) is 3.67. The van der Waals surface area contributed by atoms with E-state index >= 15 is 0 Å². The lowest BCUT2D eigenvalue weighted by atomic mass is 10.4. The van der Waals surface area contributed by atoms with Gasteiger partial charge in [-0.1, -0.05) is 0 Å². The van der Waals surface area contributed by atoms with Gasteiger partial charge in [-0.25, -0.2) is 0 Å². The van der Waals surface area contributed by atoms with Crippen molar-refractivity contribution in [1.82, 2.24) is 0 Å².